The van der Waals surface area contributed by atoms with Crippen molar-refractivity contribution >= 4 is 5.97 Å². The fourth-order valence-electron chi connectivity index (χ4n) is 2.32. The highest BCUT2D eigenvalue weighted by molar-refractivity contribution is 5.80. The first-order chi connectivity index (χ1) is 8.93. The molecule has 0 aliphatic rings. The maximum Gasteiger partial charge on any atom is 0.313 e. The van der Waals surface area contributed by atoms with Gasteiger partial charge in [0.05, 0.1) is 19.6 Å². The molecule has 0 aliphatic carbocycles. The average molecular weight is 264 g/mol. The topological polar surface area (TPSA) is 35.5 Å². The Kier molecular flexibility index (Phi) is 5.40. The maximum absolute atomic E-state index is 12.2. The van der Waals surface area contributed by atoms with Crippen molar-refractivity contribution in [3.05, 3.63) is 28.8 Å². The van der Waals surface area contributed by atoms with E-state index < -0.39 is 0 Å². The Morgan fingerprint density at radius 3 is 2.37 bits per heavy atom. The molecule has 0 amide bonds. The van der Waals surface area contributed by atoms with Gasteiger partial charge in [-0.2, -0.15) is 0 Å². The van der Waals surface area contributed by atoms with Crippen LogP contribution in [0.25, 0.3) is 0 Å². The second-order valence-corrected chi connectivity index (χ2v) is 5.10. The molecule has 0 heterocycles. The molecular formula is C16H24O3. The van der Waals surface area contributed by atoms with Crippen molar-refractivity contribution in [3.63, 3.8) is 0 Å². The molecule has 1 unspecified atom stereocenters. The normalized spacial score (nSPS) is 12.4. The summed E-state index contributed by atoms with van der Waals surface area (Å²) in [6.07, 6.45) is 0. The molecule has 0 fully saturated rings. The molecule has 0 spiro atoms. The Morgan fingerprint density at radius 1 is 1.26 bits per heavy atom. The van der Waals surface area contributed by atoms with Gasteiger partial charge in [-0.1, -0.05) is 26.0 Å². The van der Waals surface area contributed by atoms with Crippen molar-refractivity contribution in [1.29, 1.82) is 0 Å². The third-order valence-corrected chi connectivity index (χ3v) is 3.45. The minimum absolute atomic E-state index is 0.162. The number of esters is 1. The molecule has 0 radical (unpaired) electrons. The molecule has 3 nitrogen and oxygen atoms in total. The molecule has 0 saturated carbocycles. The number of carbonyl (C=O) groups is 1. The van der Waals surface area contributed by atoms with Crippen molar-refractivity contribution in [3.8, 4) is 5.75 Å². The Morgan fingerprint density at radius 2 is 1.89 bits per heavy atom. The van der Waals surface area contributed by atoms with E-state index in [1.807, 2.05) is 46.8 Å². The Bertz CT molecular complexity index is 450. The number of carbonyl (C=O) groups excluding carboxylic acids is 1. The zero-order chi connectivity index (χ0) is 14.6. The largest absolute Gasteiger partial charge is 0.496 e. The molecule has 1 rings (SSSR count). The molecule has 0 aromatic heterocycles. The summed E-state index contributed by atoms with van der Waals surface area (Å²) < 4.78 is 10.7. The van der Waals surface area contributed by atoms with Crippen molar-refractivity contribution in [2.24, 2.45) is 5.92 Å². The first-order valence-corrected chi connectivity index (χ1v) is 6.74. The van der Waals surface area contributed by atoms with E-state index in [1.54, 1.807) is 7.11 Å². The molecule has 3 heteroatoms. The highest BCUT2D eigenvalue weighted by Gasteiger charge is 2.29. The summed E-state index contributed by atoms with van der Waals surface area (Å²) in [5, 5.41) is 0. The molecule has 1 aromatic rings. The van der Waals surface area contributed by atoms with Gasteiger partial charge in [0.15, 0.2) is 0 Å². The second-order valence-electron chi connectivity index (χ2n) is 5.10. The van der Waals surface area contributed by atoms with Gasteiger partial charge in [0.25, 0.3) is 0 Å². The summed E-state index contributed by atoms with van der Waals surface area (Å²) >= 11 is 0. The lowest BCUT2D eigenvalue weighted by molar-refractivity contribution is -0.146. The van der Waals surface area contributed by atoms with Crippen molar-refractivity contribution < 1.29 is 14.3 Å². The average Bonchev–Trinajstić information content (AvgIpc) is 2.34. The van der Waals surface area contributed by atoms with Crippen LogP contribution in [-0.4, -0.2) is 19.7 Å². The van der Waals surface area contributed by atoms with E-state index in [1.165, 1.54) is 0 Å². The second kappa shape index (κ2) is 6.60. The minimum atomic E-state index is -0.283. The summed E-state index contributed by atoms with van der Waals surface area (Å²) in [6.45, 7) is 10.3. The fraction of sp³-hybridized carbons (Fsp3) is 0.562. The van der Waals surface area contributed by atoms with Crippen LogP contribution in [0.3, 0.4) is 0 Å². The van der Waals surface area contributed by atoms with Crippen LogP contribution in [0.1, 0.15) is 43.4 Å². The number of methoxy groups -OCH3 is 1. The van der Waals surface area contributed by atoms with Gasteiger partial charge in [-0.25, -0.2) is 0 Å². The van der Waals surface area contributed by atoms with Crippen LogP contribution in [0.15, 0.2) is 12.1 Å². The third-order valence-electron chi connectivity index (χ3n) is 3.45. The van der Waals surface area contributed by atoms with Crippen LogP contribution in [-0.2, 0) is 9.53 Å². The Balaban J connectivity index is 3.31. The molecule has 1 aromatic carbocycles. The van der Waals surface area contributed by atoms with Crippen molar-refractivity contribution in [2.45, 2.75) is 40.5 Å². The van der Waals surface area contributed by atoms with E-state index in [9.17, 15) is 4.79 Å². The summed E-state index contributed by atoms with van der Waals surface area (Å²) in [5.74, 6) is 0.495. The van der Waals surface area contributed by atoms with Gasteiger partial charge in [0.1, 0.15) is 5.75 Å². The summed E-state index contributed by atoms with van der Waals surface area (Å²) in [5.41, 5.74) is 3.15. The molecule has 0 saturated heterocycles. The van der Waals surface area contributed by atoms with E-state index in [-0.39, 0.29) is 17.8 Å². The Labute approximate surface area is 115 Å². The van der Waals surface area contributed by atoms with Gasteiger partial charge in [-0.05, 0) is 37.8 Å². The molecular weight excluding hydrogens is 240 g/mol. The molecule has 0 bridgehead atoms. The summed E-state index contributed by atoms with van der Waals surface area (Å²) in [4.78, 5) is 12.2. The smallest absolute Gasteiger partial charge is 0.313 e. The van der Waals surface area contributed by atoms with Crippen LogP contribution in [0.5, 0.6) is 5.75 Å². The van der Waals surface area contributed by atoms with E-state index in [0.717, 1.165) is 22.4 Å². The summed E-state index contributed by atoms with van der Waals surface area (Å²) in [6, 6.07) is 4.00. The number of benzene rings is 1. The fourth-order valence-corrected chi connectivity index (χ4v) is 2.32. The number of hydrogen-bond acceptors (Lipinski definition) is 3. The standard InChI is InChI=1S/C16H24O3/c1-7-19-16(17)14(10(2)3)13-9-8-11(4)12(5)15(13)18-6/h8-10,14H,7H2,1-6H3. The SMILES string of the molecule is CCOC(=O)C(c1ccc(C)c(C)c1OC)C(C)C. The van der Waals surface area contributed by atoms with Crippen LogP contribution < -0.4 is 4.74 Å². The number of aryl methyl sites for hydroxylation is 1. The van der Waals surface area contributed by atoms with E-state index in [0.29, 0.717) is 6.61 Å². The van der Waals surface area contributed by atoms with E-state index in [4.69, 9.17) is 9.47 Å². The van der Waals surface area contributed by atoms with E-state index >= 15 is 0 Å². The lowest BCUT2D eigenvalue weighted by Gasteiger charge is -2.23. The maximum atomic E-state index is 12.2. The predicted octanol–water partition coefficient (Wildman–Crippen LogP) is 3.61. The van der Waals surface area contributed by atoms with E-state index in [2.05, 4.69) is 0 Å². The monoisotopic (exact) mass is 264 g/mol. The minimum Gasteiger partial charge on any atom is -0.496 e. The quantitative estimate of drug-likeness (QED) is 0.762. The zero-order valence-electron chi connectivity index (χ0n) is 12.7. The van der Waals surface area contributed by atoms with Crippen molar-refractivity contribution in [1.82, 2.24) is 0 Å². The van der Waals surface area contributed by atoms with Crippen LogP contribution in [0.2, 0.25) is 0 Å². The zero-order valence-corrected chi connectivity index (χ0v) is 12.7. The lowest BCUT2D eigenvalue weighted by atomic mass is 9.86. The highest BCUT2D eigenvalue weighted by atomic mass is 16.5. The number of rotatable bonds is 5. The van der Waals surface area contributed by atoms with Crippen LogP contribution >= 0.6 is 0 Å². The highest BCUT2D eigenvalue weighted by Crippen LogP contribution is 2.36. The van der Waals surface area contributed by atoms with Crippen LogP contribution in [0.4, 0.5) is 0 Å². The van der Waals surface area contributed by atoms with Crippen molar-refractivity contribution in [2.75, 3.05) is 13.7 Å². The molecule has 1 atom stereocenters. The summed E-state index contributed by atoms with van der Waals surface area (Å²) in [7, 11) is 1.65. The lowest BCUT2D eigenvalue weighted by Crippen LogP contribution is -2.21. The van der Waals surface area contributed by atoms with Gasteiger partial charge in [-0.15, -0.1) is 0 Å². The van der Waals surface area contributed by atoms with Gasteiger partial charge in [-0.3, -0.25) is 4.79 Å². The number of hydrogen-bond donors (Lipinski definition) is 0. The third kappa shape index (κ3) is 3.28. The van der Waals surface area contributed by atoms with Gasteiger partial charge in [0, 0.05) is 5.56 Å². The predicted molar refractivity (Wildman–Crippen MR) is 76.7 cm³/mol. The van der Waals surface area contributed by atoms with Gasteiger partial charge >= 0.3 is 5.97 Å². The molecule has 106 valence electrons. The van der Waals surface area contributed by atoms with Gasteiger partial charge < -0.3 is 9.47 Å². The Hall–Kier alpha value is -1.51. The van der Waals surface area contributed by atoms with Gasteiger partial charge in [0.2, 0.25) is 0 Å². The molecule has 19 heavy (non-hydrogen) atoms. The molecule has 0 aliphatic heterocycles. The first kappa shape index (κ1) is 15.5. The van der Waals surface area contributed by atoms with Crippen LogP contribution in [0, 0.1) is 19.8 Å². The molecule has 0 N–H and O–H groups in total. The number of ether oxygens (including phenoxy) is 2. The first-order valence-electron chi connectivity index (χ1n) is 6.74.